The molecule has 4 heteroatoms. The highest BCUT2D eigenvalue weighted by Gasteiger charge is 2.23. The molecule has 0 aromatic carbocycles. The molecule has 0 aromatic heterocycles. The molecule has 2 unspecified atom stereocenters. The zero-order valence-electron chi connectivity index (χ0n) is 11.6. The second-order valence-corrected chi connectivity index (χ2v) is 5.63. The number of nitrogens with zero attached hydrogens (tertiary/aromatic N) is 1. The maximum absolute atomic E-state index is 11.8. The topological polar surface area (TPSA) is 44.4 Å². The average Bonchev–Trinajstić information content (AvgIpc) is 3.04. The standard InChI is InChI=1S/C14H27N3O/c1-2-17-9-3-4-13(17)11-16-14(18)6-5-12-7-8-15-10-12/h12-13,15H,2-11H2,1H3,(H,16,18). The Morgan fingerprint density at radius 1 is 1.44 bits per heavy atom. The van der Waals surface area contributed by atoms with E-state index in [2.05, 4.69) is 22.5 Å². The monoisotopic (exact) mass is 253 g/mol. The largest absolute Gasteiger partial charge is 0.355 e. The minimum atomic E-state index is 0.241. The summed E-state index contributed by atoms with van der Waals surface area (Å²) in [6.07, 6.45) is 5.49. The molecular formula is C14H27N3O. The Bertz CT molecular complexity index is 264. The van der Waals surface area contributed by atoms with Crippen molar-refractivity contribution >= 4 is 5.91 Å². The highest BCUT2D eigenvalue weighted by atomic mass is 16.1. The maximum atomic E-state index is 11.8. The summed E-state index contributed by atoms with van der Waals surface area (Å²) in [4.78, 5) is 14.3. The predicted octanol–water partition coefficient (Wildman–Crippen LogP) is 0.977. The first kappa shape index (κ1) is 13.8. The van der Waals surface area contributed by atoms with E-state index in [0.717, 1.165) is 38.5 Å². The lowest BCUT2D eigenvalue weighted by Gasteiger charge is -2.23. The lowest BCUT2D eigenvalue weighted by Crippen LogP contribution is -2.40. The van der Waals surface area contributed by atoms with E-state index in [-0.39, 0.29) is 5.91 Å². The molecule has 0 aromatic rings. The zero-order valence-corrected chi connectivity index (χ0v) is 11.6. The first-order chi connectivity index (χ1) is 8.79. The van der Waals surface area contributed by atoms with Crippen LogP contribution in [0.25, 0.3) is 0 Å². The van der Waals surface area contributed by atoms with Crippen molar-refractivity contribution in [2.75, 3.05) is 32.7 Å². The van der Waals surface area contributed by atoms with Crippen molar-refractivity contribution in [1.29, 1.82) is 0 Å². The molecule has 2 heterocycles. The second-order valence-electron chi connectivity index (χ2n) is 5.63. The van der Waals surface area contributed by atoms with E-state index in [0.29, 0.717) is 12.5 Å². The summed E-state index contributed by atoms with van der Waals surface area (Å²) in [7, 11) is 0. The summed E-state index contributed by atoms with van der Waals surface area (Å²) in [5.41, 5.74) is 0. The summed E-state index contributed by atoms with van der Waals surface area (Å²) in [6, 6.07) is 0.576. The molecule has 18 heavy (non-hydrogen) atoms. The van der Waals surface area contributed by atoms with E-state index in [1.807, 2.05) is 0 Å². The van der Waals surface area contributed by atoms with Crippen molar-refractivity contribution in [3.05, 3.63) is 0 Å². The van der Waals surface area contributed by atoms with Crippen LogP contribution >= 0.6 is 0 Å². The summed E-state index contributed by atoms with van der Waals surface area (Å²) < 4.78 is 0. The van der Waals surface area contributed by atoms with Crippen LogP contribution in [0.3, 0.4) is 0 Å². The Morgan fingerprint density at radius 2 is 2.33 bits per heavy atom. The number of likely N-dealkylation sites (tertiary alicyclic amines) is 1. The molecule has 0 radical (unpaired) electrons. The van der Waals surface area contributed by atoms with Crippen molar-refractivity contribution < 1.29 is 4.79 Å². The van der Waals surface area contributed by atoms with Crippen LogP contribution in [0.5, 0.6) is 0 Å². The smallest absolute Gasteiger partial charge is 0.220 e. The van der Waals surface area contributed by atoms with Gasteiger partial charge in [0.2, 0.25) is 5.91 Å². The number of likely N-dealkylation sites (N-methyl/N-ethyl adjacent to an activating group) is 1. The number of carbonyl (C=O) groups excluding carboxylic acids is 1. The Kier molecular flexibility index (Phi) is 5.45. The van der Waals surface area contributed by atoms with Crippen molar-refractivity contribution in [3.63, 3.8) is 0 Å². The molecular weight excluding hydrogens is 226 g/mol. The zero-order chi connectivity index (χ0) is 12.8. The molecule has 2 saturated heterocycles. The van der Waals surface area contributed by atoms with E-state index < -0.39 is 0 Å². The van der Waals surface area contributed by atoms with E-state index >= 15 is 0 Å². The van der Waals surface area contributed by atoms with Crippen LogP contribution in [0.4, 0.5) is 0 Å². The third kappa shape index (κ3) is 3.95. The lowest BCUT2D eigenvalue weighted by atomic mass is 10.0. The number of carbonyl (C=O) groups is 1. The van der Waals surface area contributed by atoms with Crippen molar-refractivity contribution in [2.24, 2.45) is 5.92 Å². The van der Waals surface area contributed by atoms with Crippen LogP contribution in [-0.4, -0.2) is 49.6 Å². The van der Waals surface area contributed by atoms with E-state index in [9.17, 15) is 4.79 Å². The summed E-state index contributed by atoms with van der Waals surface area (Å²) in [6.45, 7) is 7.57. The molecule has 0 saturated carbocycles. The van der Waals surface area contributed by atoms with E-state index in [1.165, 1.54) is 25.8 Å². The molecule has 2 fully saturated rings. The van der Waals surface area contributed by atoms with Gasteiger partial charge in [-0.3, -0.25) is 9.69 Å². The van der Waals surface area contributed by atoms with Crippen LogP contribution in [0.2, 0.25) is 0 Å². The van der Waals surface area contributed by atoms with Crippen LogP contribution in [-0.2, 0) is 4.79 Å². The molecule has 2 atom stereocenters. The van der Waals surface area contributed by atoms with Crippen LogP contribution in [0.15, 0.2) is 0 Å². The fraction of sp³-hybridized carbons (Fsp3) is 0.929. The SMILES string of the molecule is CCN1CCCC1CNC(=O)CCC1CCNC1. The molecule has 0 spiro atoms. The molecule has 4 nitrogen and oxygen atoms in total. The van der Waals surface area contributed by atoms with Crippen molar-refractivity contribution in [3.8, 4) is 0 Å². The van der Waals surface area contributed by atoms with Gasteiger partial charge in [0.25, 0.3) is 0 Å². The van der Waals surface area contributed by atoms with Gasteiger partial charge in [-0.2, -0.15) is 0 Å². The third-order valence-electron chi connectivity index (χ3n) is 4.38. The van der Waals surface area contributed by atoms with Crippen LogP contribution in [0, 0.1) is 5.92 Å². The second kappa shape index (κ2) is 7.10. The maximum Gasteiger partial charge on any atom is 0.220 e. The third-order valence-corrected chi connectivity index (χ3v) is 4.38. The molecule has 1 amide bonds. The summed E-state index contributed by atoms with van der Waals surface area (Å²) in [5, 5.41) is 6.46. The highest BCUT2D eigenvalue weighted by molar-refractivity contribution is 5.75. The Hall–Kier alpha value is -0.610. The minimum absolute atomic E-state index is 0.241. The Morgan fingerprint density at radius 3 is 3.06 bits per heavy atom. The van der Waals surface area contributed by atoms with Gasteiger partial charge >= 0.3 is 0 Å². The molecule has 0 bridgehead atoms. The van der Waals surface area contributed by atoms with Gasteiger partial charge in [0.1, 0.15) is 0 Å². The van der Waals surface area contributed by atoms with Crippen LogP contribution in [0.1, 0.15) is 39.0 Å². The van der Waals surface area contributed by atoms with Gasteiger partial charge < -0.3 is 10.6 Å². The first-order valence-corrected chi connectivity index (χ1v) is 7.51. The molecule has 2 aliphatic rings. The van der Waals surface area contributed by atoms with E-state index in [4.69, 9.17) is 0 Å². The highest BCUT2D eigenvalue weighted by Crippen LogP contribution is 2.16. The quantitative estimate of drug-likeness (QED) is 0.741. The van der Waals surface area contributed by atoms with Gasteiger partial charge in [-0.25, -0.2) is 0 Å². The van der Waals surface area contributed by atoms with Gasteiger partial charge in [-0.1, -0.05) is 6.92 Å². The van der Waals surface area contributed by atoms with Gasteiger partial charge in [0, 0.05) is 19.0 Å². The molecule has 2 N–H and O–H groups in total. The summed E-state index contributed by atoms with van der Waals surface area (Å²) >= 11 is 0. The molecule has 0 aliphatic carbocycles. The fourth-order valence-corrected chi connectivity index (χ4v) is 3.16. The summed E-state index contributed by atoms with van der Waals surface area (Å²) in [5.74, 6) is 0.958. The number of amides is 1. The number of hydrogen-bond acceptors (Lipinski definition) is 3. The van der Waals surface area contributed by atoms with Gasteiger partial charge in [0.15, 0.2) is 0 Å². The minimum Gasteiger partial charge on any atom is -0.355 e. The van der Waals surface area contributed by atoms with Crippen molar-refractivity contribution in [2.45, 2.75) is 45.1 Å². The molecule has 104 valence electrons. The average molecular weight is 253 g/mol. The van der Waals surface area contributed by atoms with Crippen LogP contribution < -0.4 is 10.6 Å². The number of nitrogens with one attached hydrogen (secondary N) is 2. The normalized spacial score (nSPS) is 28.7. The van der Waals surface area contributed by atoms with Gasteiger partial charge in [0.05, 0.1) is 0 Å². The van der Waals surface area contributed by atoms with Gasteiger partial charge in [-0.05, 0) is 57.8 Å². The predicted molar refractivity (Wildman–Crippen MR) is 73.5 cm³/mol. The van der Waals surface area contributed by atoms with Crippen molar-refractivity contribution in [1.82, 2.24) is 15.5 Å². The van der Waals surface area contributed by atoms with E-state index in [1.54, 1.807) is 0 Å². The lowest BCUT2D eigenvalue weighted by molar-refractivity contribution is -0.121. The Balaban J connectivity index is 1.59. The molecule has 2 rings (SSSR count). The molecule has 2 aliphatic heterocycles. The first-order valence-electron chi connectivity index (χ1n) is 7.51. The number of hydrogen-bond donors (Lipinski definition) is 2. The fourth-order valence-electron chi connectivity index (χ4n) is 3.16. The van der Waals surface area contributed by atoms with Gasteiger partial charge in [-0.15, -0.1) is 0 Å². The number of rotatable bonds is 6. The Labute approximate surface area is 110 Å².